The molecular weight excluding hydrogens is 370 g/mol. The van der Waals surface area contributed by atoms with E-state index in [1.807, 2.05) is 0 Å². The summed E-state index contributed by atoms with van der Waals surface area (Å²) in [5, 5.41) is 3.42. The van der Waals surface area contributed by atoms with E-state index in [-0.39, 0.29) is 30.1 Å². The molecule has 0 radical (unpaired) electrons. The van der Waals surface area contributed by atoms with Crippen LogP contribution in [0.3, 0.4) is 0 Å². The highest BCUT2D eigenvalue weighted by molar-refractivity contribution is 7.92. The van der Waals surface area contributed by atoms with Crippen molar-refractivity contribution in [1.29, 1.82) is 0 Å². The Bertz CT molecular complexity index is 1090. The Morgan fingerprint density at radius 2 is 1.81 bits per heavy atom. The summed E-state index contributed by atoms with van der Waals surface area (Å²) in [6.07, 6.45) is 5.52. The summed E-state index contributed by atoms with van der Waals surface area (Å²) in [6, 6.07) is -0.0852. The number of sulfone groups is 1. The maximum Gasteiger partial charge on any atom is 0.332 e. The van der Waals surface area contributed by atoms with Crippen molar-refractivity contribution in [3.63, 3.8) is 0 Å². The second-order valence-corrected chi connectivity index (χ2v) is 9.73. The highest BCUT2D eigenvalue weighted by atomic mass is 32.2. The van der Waals surface area contributed by atoms with Gasteiger partial charge in [0.25, 0.3) is 5.56 Å². The maximum absolute atomic E-state index is 13.0. The topological polar surface area (TPSA) is 108 Å². The van der Waals surface area contributed by atoms with Crippen LogP contribution in [0.1, 0.15) is 45.1 Å². The quantitative estimate of drug-likeness (QED) is 0.814. The van der Waals surface area contributed by atoms with E-state index in [0.29, 0.717) is 17.1 Å². The molecule has 1 saturated heterocycles. The predicted octanol–water partition coefficient (Wildman–Crippen LogP) is 0.631. The molecule has 9 nitrogen and oxygen atoms in total. The molecule has 0 spiro atoms. The van der Waals surface area contributed by atoms with Crippen LogP contribution in [0, 0.1) is 0 Å². The molecular formula is C17H25N5O4S. The fourth-order valence-corrected chi connectivity index (χ4v) is 5.56. The molecule has 1 N–H and O–H groups in total. The number of nitrogens with one attached hydrogen (secondary N) is 1. The average Bonchev–Trinajstić information content (AvgIpc) is 2.98. The molecule has 3 heterocycles. The Hall–Kier alpha value is -2.10. The monoisotopic (exact) mass is 395 g/mol. The highest BCUT2D eigenvalue weighted by Gasteiger charge is 2.38. The minimum Gasteiger partial charge on any atom is -0.353 e. The molecule has 148 valence electrons. The summed E-state index contributed by atoms with van der Waals surface area (Å²) in [7, 11) is -1.48. The molecule has 1 saturated carbocycles. The van der Waals surface area contributed by atoms with E-state index in [1.165, 1.54) is 11.0 Å². The normalized spacial score (nSPS) is 20.7. The maximum atomic E-state index is 13.0. The Balaban J connectivity index is 1.91. The number of hydrogen-bond donors (Lipinski definition) is 1. The molecule has 4 rings (SSSR count). The number of imidazole rings is 1. The molecule has 10 heteroatoms. The lowest BCUT2D eigenvalue weighted by Crippen LogP contribution is -2.42. The first-order valence-electron chi connectivity index (χ1n) is 9.51. The van der Waals surface area contributed by atoms with Gasteiger partial charge < -0.3 is 5.32 Å². The van der Waals surface area contributed by atoms with Gasteiger partial charge >= 0.3 is 5.69 Å². The van der Waals surface area contributed by atoms with Crippen LogP contribution in [0.15, 0.2) is 9.59 Å². The van der Waals surface area contributed by atoms with Crippen LogP contribution in [-0.4, -0.2) is 44.7 Å². The molecule has 2 aromatic rings. The number of rotatable bonds is 4. The van der Waals surface area contributed by atoms with Crippen molar-refractivity contribution in [2.45, 2.75) is 57.7 Å². The Morgan fingerprint density at radius 1 is 1.15 bits per heavy atom. The number of nitrogens with zero attached hydrogens (tertiary/aromatic N) is 4. The van der Waals surface area contributed by atoms with Gasteiger partial charge in [-0.3, -0.25) is 18.5 Å². The molecule has 2 aliphatic rings. The van der Waals surface area contributed by atoms with E-state index < -0.39 is 21.1 Å². The van der Waals surface area contributed by atoms with Crippen LogP contribution < -0.4 is 16.6 Å². The third-order valence-electron chi connectivity index (χ3n) is 5.69. The fourth-order valence-electron chi connectivity index (χ4n) is 4.19. The van der Waals surface area contributed by atoms with Crippen LogP contribution in [-0.2, 0) is 23.4 Å². The summed E-state index contributed by atoms with van der Waals surface area (Å²) in [5.74, 6) is 0.482. The van der Waals surface area contributed by atoms with E-state index in [1.54, 1.807) is 18.5 Å². The number of aryl methyl sites for hydroxylation is 1. The third-order valence-corrected chi connectivity index (χ3v) is 7.47. The Labute approximate surface area is 156 Å². The average molecular weight is 395 g/mol. The van der Waals surface area contributed by atoms with Crippen molar-refractivity contribution >= 4 is 26.9 Å². The largest absolute Gasteiger partial charge is 0.353 e. The second-order valence-electron chi connectivity index (χ2n) is 7.58. The van der Waals surface area contributed by atoms with E-state index in [4.69, 9.17) is 0 Å². The molecule has 0 bridgehead atoms. The number of anilines is 1. The van der Waals surface area contributed by atoms with Gasteiger partial charge in [-0.2, -0.15) is 4.98 Å². The number of hydrogen-bond acceptors (Lipinski definition) is 6. The minimum atomic E-state index is -3.08. The van der Waals surface area contributed by atoms with Gasteiger partial charge in [-0.05, 0) is 19.8 Å². The first-order chi connectivity index (χ1) is 12.8. The van der Waals surface area contributed by atoms with E-state index >= 15 is 0 Å². The molecule has 1 aliphatic carbocycles. The first kappa shape index (κ1) is 18.3. The molecule has 2 fully saturated rings. The van der Waals surface area contributed by atoms with Gasteiger partial charge in [-0.15, -0.1) is 0 Å². The molecule has 0 amide bonds. The summed E-state index contributed by atoms with van der Waals surface area (Å²) in [5.41, 5.74) is -0.219. The second kappa shape index (κ2) is 6.50. The van der Waals surface area contributed by atoms with Crippen molar-refractivity contribution in [2.24, 2.45) is 7.05 Å². The lowest BCUT2D eigenvalue weighted by Gasteiger charge is -2.30. The van der Waals surface area contributed by atoms with Crippen molar-refractivity contribution in [2.75, 3.05) is 16.8 Å². The fraction of sp³-hybridized carbons (Fsp3) is 0.706. The van der Waals surface area contributed by atoms with Gasteiger partial charge in [-0.25, -0.2) is 13.2 Å². The molecule has 0 unspecified atom stereocenters. The lowest BCUT2D eigenvalue weighted by atomic mass is 9.96. The molecule has 27 heavy (non-hydrogen) atoms. The van der Waals surface area contributed by atoms with Crippen molar-refractivity contribution in [3.05, 3.63) is 20.8 Å². The van der Waals surface area contributed by atoms with E-state index in [0.717, 1.165) is 30.3 Å². The predicted molar refractivity (Wildman–Crippen MR) is 103 cm³/mol. The van der Waals surface area contributed by atoms with Crippen molar-refractivity contribution in [3.8, 4) is 0 Å². The van der Waals surface area contributed by atoms with E-state index in [2.05, 4.69) is 10.3 Å². The van der Waals surface area contributed by atoms with Gasteiger partial charge in [0.05, 0.1) is 17.5 Å². The van der Waals surface area contributed by atoms with Gasteiger partial charge in [-0.1, -0.05) is 19.3 Å². The van der Waals surface area contributed by atoms with Crippen molar-refractivity contribution in [1.82, 2.24) is 18.7 Å². The Morgan fingerprint density at radius 3 is 2.41 bits per heavy atom. The zero-order valence-electron chi connectivity index (χ0n) is 15.6. The minimum absolute atomic E-state index is 0.00773. The molecule has 0 atom stereocenters. The first-order valence-corrected chi connectivity index (χ1v) is 11.3. The highest BCUT2D eigenvalue weighted by Crippen LogP contribution is 2.31. The zero-order valence-corrected chi connectivity index (χ0v) is 16.5. The van der Waals surface area contributed by atoms with Gasteiger partial charge in [0, 0.05) is 19.6 Å². The van der Waals surface area contributed by atoms with Crippen molar-refractivity contribution < 1.29 is 8.42 Å². The third kappa shape index (κ3) is 2.99. The molecule has 2 aromatic heterocycles. The molecule has 0 aromatic carbocycles. The Kier molecular flexibility index (Phi) is 4.40. The standard InChI is InChI=1S/C17H25N5O4S/c1-3-21-15(23)13-14(20(2)17(21)24)19-16(18-11-7-5-4-6-8-11)22(13)12-9-27(25,26)10-12/h11-12H,3-10H2,1-2H3,(H,18,19). The van der Waals surface area contributed by atoms with E-state index in [9.17, 15) is 18.0 Å². The smallest absolute Gasteiger partial charge is 0.332 e. The van der Waals surface area contributed by atoms with Crippen LogP contribution in [0.25, 0.3) is 11.2 Å². The summed E-state index contributed by atoms with van der Waals surface area (Å²) < 4.78 is 27.8. The lowest BCUT2D eigenvalue weighted by molar-refractivity contribution is 0.455. The summed E-state index contributed by atoms with van der Waals surface area (Å²) in [4.78, 5) is 30.0. The number of aromatic nitrogens is 4. The van der Waals surface area contributed by atoms with Gasteiger partial charge in [0.2, 0.25) is 5.95 Å². The van der Waals surface area contributed by atoms with Crippen LogP contribution >= 0.6 is 0 Å². The SMILES string of the molecule is CCn1c(=O)c2c(nc(NC3CCCCC3)n2C2CS(=O)(=O)C2)n(C)c1=O. The van der Waals surface area contributed by atoms with Crippen LogP contribution in [0.2, 0.25) is 0 Å². The zero-order chi connectivity index (χ0) is 19.3. The van der Waals surface area contributed by atoms with Gasteiger partial charge in [0.15, 0.2) is 21.0 Å². The molecule has 1 aliphatic heterocycles. The van der Waals surface area contributed by atoms with Crippen LogP contribution in [0.5, 0.6) is 0 Å². The van der Waals surface area contributed by atoms with Gasteiger partial charge in [0.1, 0.15) is 0 Å². The number of fused-ring (bicyclic) bond motifs is 1. The summed E-state index contributed by atoms with van der Waals surface area (Å²) >= 11 is 0. The van der Waals surface area contributed by atoms with Crippen LogP contribution in [0.4, 0.5) is 5.95 Å². The summed E-state index contributed by atoms with van der Waals surface area (Å²) in [6.45, 7) is 1.99.